The maximum atomic E-state index is 13.1. The average molecular weight is 508 g/mol. The van der Waals surface area contributed by atoms with Crippen molar-refractivity contribution in [3.8, 4) is 17.0 Å². The number of benzene rings is 3. The van der Waals surface area contributed by atoms with Crippen LogP contribution in [0.5, 0.6) is 5.75 Å². The van der Waals surface area contributed by atoms with Gasteiger partial charge in [0.15, 0.2) is 0 Å². The fourth-order valence-corrected chi connectivity index (χ4v) is 3.97. The zero-order chi connectivity index (χ0) is 24.8. The Morgan fingerprint density at radius 2 is 1.54 bits per heavy atom. The van der Waals surface area contributed by atoms with E-state index in [1.165, 1.54) is 11.3 Å². The Hall–Kier alpha value is -4.08. The second-order valence-corrected chi connectivity index (χ2v) is 8.72. The summed E-state index contributed by atoms with van der Waals surface area (Å²) in [6, 6.07) is 20.1. The third-order valence-corrected chi connectivity index (χ3v) is 5.97. The highest BCUT2D eigenvalue weighted by molar-refractivity contribution is 7.14. The normalized spacial score (nSPS) is 10.4. The predicted octanol–water partition coefficient (Wildman–Crippen LogP) is 6.56. The van der Waals surface area contributed by atoms with Crippen molar-refractivity contribution in [3.05, 3.63) is 88.8 Å². The molecule has 0 radical (unpaired) electrons. The molecule has 10 heteroatoms. The molecule has 0 aliphatic heterocycles. The number of nitrogens with zero attached hydrogens (tertiary/aromatic N) is 2. The van der Waals surface area contributed by atoms with Crippen LogP contribution in [0, 0.1) is 6.92 Å². The van der Waals surface area contributed by atoms with Gasteiger partial charge >= 0.3 is 12.1 Å². The monoisotopic (exact) mass is 507 g/mol. The number of nitrogens with one attached hydrogen (secondary N) is 3. The molecule has 0 aliphatic carbocycles. The van der Waals surface area contributed by atoms with Crippen LogP contribution in [0.3, 0.4) is 0 Å². The van der Waals surface area contributed by atoms with Crippen molar-refractivity contribution in [3.63, 3.8) is 0 Å². The summed E-state index contributed by atoms with van der Waals surface area (Å²) in [5.74, 6) is 0.725. The second-order valence-electron chi connectivity index (χ2n) is 7.45. The number of hydrogen-bond acceptors (Lipinski definition) is 5. The third-order valence-electron chi connectivity index (χ3n) is 4.89. The lowest BCUT2D eigenvalue weighted by molar-refractivity contribution is 0.243. The number of thiazole rings is 1. The first-order valence-electron chi connectivity index (χ1n) is 10.5. The second kappa shape index (κ2) is 10.9. The van der Waals surface area contributed by atoms with Gasteiger partial charge in [0.05, 0.1) is 12.8 Å². The van der Waals surface area contributed by atoms with Crippen molar-refractivity contribution >= 4 is 51.5 Å². The molecular weight excluding hydrogens is 486 g/mol. The van der Waals surface area contributed by atoms with Gasteiger partial charge in [-0.15, -0.1) is 11.3 Å². The van der Waals surface area contributed by atoms with Gasteiger partial charge in [-0.2, -0.15) is 5.01 Å². The first-order valence-corrected chi connectivity index (χ1v) is 11.8. The molecule has 0 bridgehead atoms. The van der Waals surface area contributed by atoms with E-state index in [0.29, 0.717) is 22.1 Å². The third kappa shape index (κ3) is 6.28. The molecule has 4 amide bonds. The standard InChI is InChI=1S/C25H22ClN5O3S/c1-16-3-9-19(10-4-16)27-23(32)30-31(24(33)28-20-11-7-18(26)8-12-20)25-29-22(15-35-25)17-5-13-21(34-2)14-6-17/h3-15H,1-2H3,(H,28,33)(H2,27,30,32). The Labute approximate surface area is 211 Å². The maximum Gasteiger partial charge on any atom is 0.347 e. The lowest BCUT2D eigenvalue weighted by Gasteiger charge is -2.21. The van der Waals surface area contributed by atoms with E-state index in [4.69, 9.17) is 16.3 Å². The molecular formula is C25H22ClN5O3S. The first kappa shape index (κ1) is 24.1. The van der Waals surface area contributed by atoms with Crippen molar-refractivity contribution in [1.29, 1.82) is 0 Å². The van der Waals surface area contributed by atoms with Crippen molar-refractivity contribution < 1.29 is 14.3 Å². The highest BCUT2D eigenvalue weighted by Crippen LogP contribution is 2.28. The average Bonchev–Trinajstić information content (AvgIpc) is 3.35. The molecule has 0 saturated heterocycles. The minimum absolute atomic E-state index is 0.279. The summed E-state index contributed by atoms with van der Waals surface area (Å²) in [6.45, 7) is 1.95. The molecule has 35 heavy (non-hydrogen) atoms. The number of aromatic nitrogens is 1. The Kier molecular flexibility index (Phi) is 7.49. The molecule has 1 aromatic heterocycles. The van der Waals surface area contributed by atoms with Gasteiger partial charge in [-0.25, -0.2) is 20.0 Å². The smallest absolute Gasteiger partial charge is 0.347 e. The number of hydrazine groups is 1. The highest BCUT2D eigenvalue weighted by atomic mass is 35.5. The number of aryl methyl sites for hydroxylation is 1. The van der Waals surface area contributed by atoms with Crippen LogP contribution in [-0.4, -0.2) is 24.2 Å². The molecule has 0 spiro atoms. The molecule has 8 nitrogen and oxygen atoms in total. The quantitative estimate of drug-likeness (QED) is 0.267. The van der Waals surface area contributed by atoms with Crippen LogP contribution in [0.2, 0.25) is 5.02 Å². The predicted molar refractivity (Wildman–Crippen MR) is 140 cm³/mol. The summed E-state index contributed by atoms with van der Waals surface area (Å²) in [6.07, 6.45) is 0. The van der Waals surface area contributed by atoms with E-state index in [1.54, 1.807) is 48.9 Å². The molecule has 0 unspecified atom stereocenters. The van der Waals surface area contributed by atoms with Gasteiger partial charge in [0.25, 0.3) is 0 Å². The molecule has 0 saturated carbocycles. The summed E-state index contributed by atoms with van der Waals surface area (Å²) in [4.78, 5) is 30.4. The van der Waals surface area contributed by atoms with Gasteiger partial charge in [0.1, 0.15) is 5.75 Å². The minimum Gasteiger partial charge on any atom is -0.497 e. The van der Waals surface area contributed by atoms with E-state index in [9.17, 15) is 9.59 Å². The van der Waals surface area contributed by atoms with Crippen LogP contribution in [0.1, 0.15) is 5.56 Å². The van der Waals surface area contributed by atoms with Crippen molar-refractivity contribution in [2.45, 2.75) is 6.92 Å². The molecule has 0 aliphatic rings. The molecule has 1 heterocycles. The van der Waals surface area contributed by atoms with E-state index in [-0.39, 0.29) is 5.13 Å². The molecule has 0 fully saturated rings. The van der Waals surface area contributed by atoms with Gasteiger partial charge in [-0.3, -0.25) is 0 Å². The van der Waals surface area contributed by atoms with Crippen LogP contribution >= 0.6 is 22.9 Å². The fourth-order valence-electron chi connectivity index (χ4n) is 3.06. The van der Waals surface area contributed by atoms with E-state index < -0.39 is 12.1 Å². The topological polar surface area (TPSA) is 95.6 Å². The summed E-state index contributed by atoms with van der Waals surface area (Å²) in [5.41, 5.74) is 6.24. The summed E-state index contributed by atoms with van der Waals surface area (Å²) in [7, 11) is 1.60. The zero-order valence-corrected chi connectivity index (χ0v) is 20.5. The largest absolute Gasteiger partial charge is 0.497 e. The Morgan fingerprint density at radius 1 is 0.914 bits per heavy atom. The van der Waals surface area contributed by atoms with Gasteiger partial charge < -0.3 is 15.4 Å². The summed E-state index contributed by atoms with van der Waals surface area (Å²) in [5, 5.41) is 9.16. The van der Waals surface area contributed by atoms with E-state index in [0.717, 1.165) is 21.9 Å². The molecule has 3 N–H and O–H groups in total. The molecule has 3 aromatic carbocycles. The number of halogens is 1. The lowest BCUT2D eigenvalue weighted by atomic mass is 10.2. The minimum atomic E-state index is -0.596. The van der Waals surface area contributed by atoms with E-state index >= 15 is 0 Å². The Bertz CT molecular complexity index is 1310. The van der Waals surface area contributed by atoms with Crippen molar-refractivity contribution in [2.75, 3.05) is 22.8 Å². The summed E-state index contributed by atoms with van der Waals surface area (Å²) >= 11 is 7.15. The molecule has 0 atom stereocenters. The lowest BCUT2D eigenvalue weighted by Crippen LogP contribution is -2.50. The molecule has 4 aromatic rings. The van der Waals surface area contributed by atoms with Crippen molar-refractivity contribution in [2.24, 2.45) is 0 Å². The number of methoxy groups -OCH3 is 1. The van der Waals surface area contributed by atoms with Crippen LogP contribution in [0.25, 0.3) is 11.3 Å². The van der Waals surface area contributed by atoms with E-state index in [1.807, 2.05) is 43.3 Å². The van der Waals surface area contributed by atoms with Crippen molar-refractivity contribution in [1.82, 2.24) is 10.4 Å². The van der Waals surface area contributed by atoms with Gasteiger partial charge in [0, 0.05) is 27.3 Å². The van der Waals surface area contributed by atoms with Crippen LogP contribution in [0.15, 0.2) is 78.2 Å². The number of carbonyl (C=O) groups excluding carboxylic acids is 2. The highest BCUT2D eigenvalue weighted by Gasteiger charge is 2.22. The maximum absolute atomic E-state index is 13.1. The zero-order valence-electron chi connectivity index (χ0n) is 18.9. The van der Waals surface area contributed by atoms with Gasteiger partial charge in [0.2, 0.25) is 5.13 Å². The first-order chi connectivity index (χ1) is 16.9. The van der Waals surface area contributed by atoms with E-state index in [2.05, 4.69) is 21.0 Å². The number of ether oxygens (including phenoxy) is 1. The Morgan fingerprint density at radius 3 is 2.20 bits per heavy atom. The summed E-state index contributed by atoms with van der Waals surface area (Å²) < 4.78 is 5.20. The number of amides is 4. The van der Waals surface area contributed by atoms with Crippen LogP contribution < -0.4 is 25.8 Å². The number of urea groups is 2. The van der Waals surface area contributed by atoms with Crippen LogP contribution in [0.4, 0.5) is 26.1 Å². The SMILES string of the molecule is COc1ccc(-c2csc(N(NC(=O)Nc3ccc(C)cc3)C(=O)Nc3ccc(Cl)cc3)n2)cc1. The Balaban J connectivity index is 1.56. The number of anilines is 3. The molecule has 4 rings (SSSR count). The van der Waals surface area contributed by atoms with Gasteiger partial charge in [-0.05, 0) is 67.6 Å². The van der Waals surface area contributed by atoms with Gasteiger partial charge in [-0.1, -0.05) is 29.3 Å². The number of rotatable bonds is 5. The number of hydrogen-bond donors (Lipinski definition) is 3. The molecule has 178 valence electrons. The number of carbonyl (C=O) groups is 2. The van der Waals surface area contributed by atoms with Crippen LogP contribution in [-0.2, 0) is 0 Å². The fraction of sp³-hybridized carbons (Fsp3) is 0.0800.